The van der Waals surface area contributed by atoms with Gasteiger partial charge in [0.25, 0.3) is 5.91 Å². The Morgan fingerprint density at radius 2 is 1.93 bits per heavy atom. The monoisotopic (exact) mass is 427 g/mol. The van der Waals surface area contributed by atoms with E-state index in [1.807, 2.05) is 6.07 Å². The van der Waals surface area contributed by atoms with E-state index in [4.69, 9.17) is 4.74 Å². The highest BCUT2D eigenvalue weighted by Crippen LogP contribution is 2.33. The highest BCUT2D eigenvalue weighted by Gasteiger charge is 2.27. The Hall–Kier alpha value is -2.38. The first-order valence-electron chi connectivity index (χ1n) is 10.5. The zero-order valence-corrected chi connectivity index (χ0v) is 18.5. The summed E-state index contributed by atoms with van der Waals surface area (Å²) in [6, 6.07) is 10.4. The average Bonchev–Trinajstić information content (AvgIpc) is 3.21. The molecule has 1 aromatic heterocycles. The maximum atomic E-state index is 12.7. The number of aryl methyl sites for hydroxylation is 1. The maximum absolute atomic E-state index is 12.7. The summed E-state index contributed by atoms with van der Waals surface area (Å²) in [5, 5.41) is 3.10. The number of carbonyl (C=O) groups excluding carboxylic acids is 2. The van der Waals surface area contributed by atoms with Crippen molar-refractivity contribution in [3.8, 4) is 0 Å². The number of nitrogens with zero attached hydrogens (tertiary/aromatic N) is 2. The lowest BCUT2D eigenvalue weighted by molar-refractivity contribution is -0.125. The first-order valence-corrected chi connectivity index (χ1v) is 11.4. The van der Waals surface area contributed by atoms with E-state index < -0.39 is 0 Å². The van der Waals surface area contributed by atoms with Crippen LogP contribution in [0.5, 0.6) is 0 Å². The number of hydrogen-bond acceptors (Lipinski definition) is 5. The normalized spacial score (nSPS) is 18.6. The number of nitrogens with one attached hydrogen (secondary N) is 1. The highest BCUT2D eigenvalue weighted by atomic mass is 32.1. The topological polar surface area (TPSA) is 61.9 Å². The van der Waals surface area contributed by atoms with E-state index in [0.29, 0.717) is 13.0 Å². The Bertz CT molecular complexity index is 901. The Balaban J connectivity index is 1.31. The summed E-state index contributed by atoms with van der Waals surface area (Å²) in [6.45, 7) is 3.93. The SMILES string of the molecule is CN(C)C(=O)c1cc2c(s1)CCC(C(=O)NCc1ccc(N3CCOCC3)cc1)C2. The van der Waals surface area contributed by atoms with Gasteiger partial charge >= 0.3 is 0 Å². The molecule has 6 nitrogen and oxygen atoms in total. The van der Waals surface area contributed by atoms with Crippen LogP contribution in [0.15, 0.2) is 30.3 Å². The molecule has 4 rings (SSSR count). The molecule has 1 saturated heterocycles. The number of ether oxygens (including phenoxy) is 1. The first kappa shape index (κ1) is 20.9. The van der Waals surface area contributed by atoms with Crippen molar-refractivity contribution in [1.29, 1.82) is 0 Å². The van der Waals surface area contributed by atoms with Gasteiger partial charge in [0.2, 0.25) is 5.91 Å². The third-order valence-corrected chi connectivity index (χ3v) is 7.07. The lowest BCUT2D eigenvalue weighted by Crippen LogP contribution is -2.36. The Labute approximate surface area is 181 Å². The van der Waals surface area contributed by atoms with E-state index >= 15 is 0 Å². The Morgan fingerprint density at radius 3 is 2.63 bits per heavy atom. The Kier molecular flexibility index (Phi) is 6.39. The zero-order chi connectivity index (χ0) is 21.1. The van der Waals surface area contributed by atoms with Crippen molar-refractivity contribution < 1.29 is 14.3 Å². The number of amides is 2. The molecule has 0 saturated carbocycles. The molecule has 2 heterocycles. The molecule has 1 atom stereocenters. The number of carbonyl (C=O) groups is 2. The number of morpholine rings is 1. The molecule has 1 aromatic carbocycles. The molecule has 2 aromatic rings. The number of thiophene rings is 1. The summed E-state index contributed by atoms with van der Waals surface area (Å²) in [4.78, 5) is 30.9. The van der Waals surface area contributed by atoms with Crippen LogP contribution in [0.25, 0.3) is 0 Å². The van der Waals surface area contributed by atoms with E-state index in [9.17, 15) is 9.59 Å². The summed E-state index contributed by atoms with van der Waals surface area (Å²) in [7, 11) is 3.54. The molecule has 1 unspecified atom stereocenters. The van der Waals surface area contributed by atoms with Crippen LogP contribution in [0, 0.1) is 5.92 Å². The van der Waals surface area contributed by atoms with Gasteiger partial charge in [-0.25, -0.2) is 0 Å². The van der Waals surface area contributed by atoms with Gasteiger partial charge in [0.05, 0.1) is 18.1 Å². The van der Waals surface area contributed by atoms with Crippen molar-refractivity contribution >= 4 is 28.8 Å². The molecule has 0 spiro atoms. The highest BCUT2D eigenvalue weighted by molar-refractivity contribution is 7.14. The molecule has 0 radical (unpaired) electrons. The minimum Gasteiger partial charge on any atom is -0.378 e. The molecular formula is C23H29N3O3S. The van der Waals surface area contributed by atoms with Crippen molar-refractivity contribution in [2.24, 2.45) is 5.92 Å². The van der Waals surface area contributed by atoms with Crippen LogP contribution < -0.4 is 10.2 Å². The lowest BCUT2D eigenvalue weighted by Gasteiger charge is -2.29. The van der Waals surface area contributed by atoms with Crippen molar-refractivity contribution in [3.05, 3.63) is 51.2 Å². The number of fused-ring (bicyclic) bond motifs is 1. The van der Waals surface area contributed by atoms with Gasteiger partial charge in [-0.3, -0.25) is 9.59 Å². The maximum Gasteiger partial charge on any atom is 0.263 e. The molecule has 160 valence electrons. The van der Waals surface area contributed by atoms with Crippen molar-refractivity contribution in [2.75, 3.05) is 45.3 Å². The van der Waals surface area contributed by atoms with Crippen LogP contribution in [0.4, 0.5) is 5.69 Å². The molecule has 0 bridgehead atoms. The molecule has 1 fully saturated rings. The van der Waals surface area contributed by atoms with E-state index in [1.165, 1.54) is 10.6 Å². The smallest absolute Gasteiger partial charge is 0.263 e. The van der Waals surface area contributed by atoms with Gasteiger partial charge in [-0.15, -0.1) is 11.3 Å². The van der Waals surface area contributed by atoms with Gasteiger partial charge in [-0.05, 0) is 48.6 Å². The van der Waals surface area contributed by atoms with Gasteiger partial charge in [-0.2, -0.15) is 0 Å². The molecule has 7 heteroatoms. The van der Waals surface area contributed by atoms with E-state index in [2.05, 4.69) is 34.5 Å². The quantitative estimate of drug-likeness (QED) is 0.797. The number of hydrogen-bond donors (Lipinski definition) is 1. The Morgan fingerprint density at radius 1 is 1.20 bits per heavy atom. The fourth-order valence-electron chi connectivity index (χ4n) is 4.05. The van der Waals surface area contributed by atoms with Crippen LogP contribution in [0.2, 0.25) is 0 Å². The van der Waals surface area contributed by atoms with Crippen molar-refractivity contribution in [1.82, 2.24) is 10.2 Å². The van der Waals surface area contributed by atoms with Gasteiger partial charge in [0.1, 0.15) is 0 Å². The second kappa shape index (κ2) is 9.18. The van der Waals surface area contributed by atoms with Gasteiger partial charge < -0.3 is 19.9 Å². The number of anilines is 1. The predicted molar refractivity (Wildman–Crippen MR) is 119 cm³/mol. The van der Waals surface area contributed by atoms with Crippen LogP contribution in [-0.2, 0) is 28.9 Å². The van der Waals surface area contributed by atoms with Gasteiger partial charge in [-0.1, -0.05) is 12.1 Å². The predicted octanol–water partition coefficient (Wildman–Crippen LogP) is 2.71. The molecule has 2 aliphatic rings. The summed E-state index contributed by atoms with van der Waals surface area (Å²) in [5.41, 5.74) is 3.46. The fourth-order valence-corrected chi connectivity index (χ4v) is 5.28. The number of benzene rings is 1. The molecule has 1 aliphatic carbocycles. The minimum absolute atomic E-state index is 0.0259. The second-order valence-corrected chi connectivity index (χ2v) is 9.32. The van der Waals surface area contributed by atoms with Crippen LogP contribution in [0.1, 0.15) is 32.1 Å². The average molecular weight is 428 g/mol. The summed E-state index contributed by atoms with van der Waals surface area (Å²) >= 11 is 1.57. The number of rotatable bonds is 5. The minimum atomic E-state index is -0.0259. The summed E-state index contributed by atoms with van der Waals surface area (Å²) in [5.74, 6) is 0.113. The molecule has 30 heavy (non-hydrogen) atoms. The van der Waals surface area contributed by atoms with Crippen molar-refractivity contribution in [2.45, 2.75) is 25.8 Å². The van der Waals surface area contributed by atoms with Crippen LogP contribution in [-0.4, -0.2) is 57.1 Å². The third kappa shape index (κ3) is 4.68. The van der Waals surface area contributed by atoms with Crippen LogP contribution in [0.3, 0.4) is 0 Å². The van der Waals surface area contributed by atoms with E-state index in [-0.39, 0.29) is 17.7 Å². The first-order chi connectivity index (χ1) is 14.5. The van der Waals surface area contributed by atoms with Gasteiger partial charge in [0.15, 0.2) is 0 Å². The van der Waals surface area contributed by atoms with Gasteiger partial charge in [0, 0.05) is 50.2 Å². The zero-order valence-electron chi connectivity index (χ0n) is 17.6. The summed E-state index contributed by atoms with van der Waals surface area (Å²) < 4.78 is 5.41. The standard InChI is InChI=1S/C23H29N3O3S/c1-25(2)23(28)21-14-18-13-17(5-8-20(18)30-21)22(27)24-15-16-3-6-19(7-4-16)26-9-11-29-12-10-26/h3-4,6-7,14,17H,5,8-13,15H2,1-2H3,(H,24,27). The molecule has 1 aliphatic heterocycles. The van der Waals surface area contributed by atoms with Crippen molar-refractivity contribution in [3.63, 3.8) is 0 Å². The van der Waals surface area contributed by atoms with Crippen LogP contribution >= 0.6 is 11.3 Å². The third-order valence-electron chi connectivity index (χ3n) is 5.85. The second-order valence-electron chi connectivity index (χ2n) is 8.18. The largest absolute Gasteiger partial charge is 0.378 e. The van der Waals surface area contributed by atoms with E-state index in [1.54, 1.807) is 30.3 Å². The fraction of sp³-hybridized carbons (Fsp3) is 0.478. The molecule has 1 N–H and O–H groups in total. The molecule has 2 amide bonds. The summed E-state index contributed by atoms with van der Waals surface area (Å²) in [6.07, 6.45) is 2.42. The lowest BCUT2D eigenvalue weighted by atomic mass is 9.87. The van der Waals surface area contributed by atoms with E-state index in [0.717, 1.165) is 55.1 Å². The molecular weight excluding hydrogens is 398 g/mol.